The van der Waals surface area contributed by atoms with Gasteiger partial charge >= 0.3 is 12.0 Å². The highest BCUT2D eigenvalue weighted by Gasteiger charge is 2.37. The minimum Gasteiger partial charge on any atom is -0.371 e. The molecule has 0 aromatic carbocycles. The van der Waals surface area contributed by atoms with Gasteiger partial charge in [-0.05, 0) is 54.6 Å². The number of nitrogens with zero attached hydrogens (tertiary/aromatic N) is 17. The number of rotatable bonds is 13. The van der Waals surface area contributed by atoms with Gasteiger partial charge in [-0.2, -0.15) is 9.97 Å². The Hall–Kier alpha value is -11.4. The first-order valence-electron chi connectivity index (χ1n) is 29.9. The maximum Gasteiger partial charge on any atom is 0.321 e. The molecule has 480 valence electrons. The van der Waals surface area contributed by atoms with Crippen LogP contribution in [0.25, 0.3) is 101 Å². The van der Waals surface area contributed by atoms with E-state index in [4.69, 9.17) is 20.5 Å². The standard InChI is InChI=1S/C22H21F2N7O.C22H21F2N7.C21H19F2N7O/c1-14(30-7-4-22(23,24)5-8-30)16-9-15-3-6-31(20(15)27-12-16)18-10-17(11-26-13-18)19-28-21(25-2)32-29-19;1-14(30-6-3-22(23,24)4-7-30)16-8-15-2-5-31(20(15)27-11-16)18-9-17(10-26-12-18)19-13-28-21(25)29-19;1-13(29-6-3-21(22,23)4-7-29)15-8-14-2-5-30(19(14)26-11-15)17-9-16(10-25-12-17)18-27-20(24)31-28-18/h3,6,9-13H,1,4-5,7-8H2,2H3,(H,25,28,29);2,5,8-13H,1,3-4,6-7H2,(H3,25,28,29);2,5,8-12H,1,3-4,6-7H2,(H2,24,27,28). The van der Waals surface area contributed by atoms with Crippen LogP contribution in [0.3, 0.4) is 0 Å². The second-order valence-electron chi connectivity index (χ2n) is 22.9. The fourth-order valence-electron chi connectivity index (χ4n) is 11.4. The zero-order valence-electron chi connectivity index (χ0n) is 50.6. The number of aromatic amines is 1. The number of H-pyrrole nitrogens is 1. The molecular formula is C65H61F6N21O2. The minimum atomic E-state index is -2.59. The van der Waals surface area contributed by atoms with Gasteiger partial charge in [-0.25, -0.2) is 46.3 Å². The van der Waals surface area contributed by atoms with E-state index in [-0.39, 0.29) is 70.7 Å². The summed E-state index contributed by atoms with van der Waals surface area (Å²) in [6, 6.07) is 17.8. The molecular weight excluding hydrogens is 1220 g/mol. The Labute approximate surface area is 532 Å². The van der Waals surface area contributed by atoms with Crippen molar-refractivity contribution in [2.75, 3.05) is 63.1 Å². The van der Waals surface area contributed by atoms with Crippen LogP contribution in [0.4, 0.5) is 44.3 Å². The number of imidazole rings is 1. The molecule has 0 unspecified atom stereocenters. The summed E-state index contributed by atoms with van der Waals surface area (Å²) >= 11 is 0. The summed E-state index contributed by atoms with van der Waals surface area (Å²) in [7, 11) is 1.70. The Kier molecular flexibility index (Phi) is 16.4. The number of anilines is 3. The highest BCUT2D eigenvalue weighted by Crippen LogP contribution is 2.36. The Morgan fingerprint density at radius 3 is 1.20 bits per heavy atom. The Morgan fingerprint density at radius 1 is 0.479 bits per heavy atom. The second kappa shape index (κ2) is 25.0. The molecule has 12 aromatic heterocycles. The van der Waals surface area contributed by atoms with Crippen molar-refractivity contribution >= 4 is 68.2 Å². The Morgan fingerprint density at radius 2 is 0.851 bits per heavy atom. The van der Waals surface area contributed by atoms with Crippen LogP contribution in [0.5, 0.6) is 0 Å². The highest BCUT2D eigenvalue weighted by atomic mass is 19.3. The van der Waals surface area contributed by atoms with E-state index in [1.807, 2.05) is 102 Å². The number of piperidine rings is 3. The maximum atomic E-state index is 13.5. The van der Waals surface area contributed by atoms with E-state index in [1.54, 1.807) is 69.0 Å². The SMILES string of the molecule is C=C(c1cnc2c(ccn2-c2cncc(-c3cnc(N)[nH]3)c2)c1)N1CCC(F)(F)CC1.C=C(c1cnc2c(ccn2-c2cncc(-c3noc(N)n3)c2)c1)N1CCC(F)(F)CC1.C=C(c1cnc2c(ccn2-c2cncc(-c3noc(NC)n3)c2)c1)N1CCC(F)(F)CC1. The number of fused-ring (bicyclic) bond motifs is 3. The fraction of sp³-hybridized carbons (Fsp3) is 0.246. The van der Waals surface area contributed by atoms with Gasteiger partial charge in [0, 0.05) is 207 Å². The third-order valence-corrected chi connectivity index (χ3v) is 16.7. The van der Waals surface area contributed by atoms with Gasteiger partial charge in [0.2, 0.25) is 11.6 Å². The zero-order valence-corrected chi connectivity index (χ0v) is 50.6. The fourth-order valence-corrected chi connectivity index (χ4v) is 11.4. The topological polar surface area (TPSA) is 272 Å². The molecule has 15 rings (SSSR count). The average molecular weight is 1280 g/mol. The number of likely N-dealkylation sites (tertiary alicyclic amines) is 3. The van der Waals surface area contributed by atoms with Crippen molar-refractivity contribution < 1.29 is 35.4 Å². The first-order chi connectivity index (χ1) is 45.2. The van der Waals surface area contributed by atoms with Crippen LogP contribution < -0.4 is 16.8 Å². The summed E-state index contributed by atoms with van der Waals surface area (Å²) in [4.78, 5) is 47.7. The number of nitrogens with one attached hydrogen (secondary N) is 2. The van der Waals surface area contributed by atoms with Gasteiger partial charge in [0.05, 0.1) is 47.5 Å². The van der Waals surface area contributed by atoms with Crippen LogP contribution in [0.1, 0.15) is 55.2 Å². The van der Waals surface area contributed by atoms with Gasteiger partial charge in [-0.3, -0.25) is 28.7 Å². The van der Waals surface area contributed by atoms with E-state index in [9.17, 15) is 26.3 Å². The van der Waals surface area contributed by atoms with E-state index >= 15 is 0 Å². The summed E-state index contributed by atoms with van der Waals surface area (Å²) < 4.78 is 96.5. The molecule has 3 saturated heterocycles. The summed E-state index contributed by atoms with van der Waals surface area (Å²) in [5.41, 5.74) is 23.4. The number of pyridine rings is 6. The van der Waals surface area contributed by atoms with Crippen molar-refractivity contribution in [3.63, 3.8) is 0 Å². The maximum absolute atomic E-state index is 13.5. The molecule has 0 aliphatic carbocycles. The van der Waals surface area contributed by atoms with E-state index in [1.165, 1.54) is 0 Å². The van der Waals surface area contributed by atoms with E-state index < -0.39 is 17.8 Å². The molecule has 0 bridgehead atoms. The van der Waals surface area contributed by atoms with Crippen LogP contribution in [0.2, 0.25) is 0 Å². The molecule has 3 fully saturated rings. The van der Waals surface area contributed by atoms with Crippen molar-refractivity contribution in [2.45, 2.75) is 56.3 Å². The lowest BCUT2D eigenvalue weighted by Crippen LogP contribution is -2.38. The van der Waals surface area contributed by atoms with Crippen LogP contribution in [-0.2, 0) is 0 Å². The summed E-state index contributed by atoms with van der Waals surface area (Å²) in [6.07, 6.45) is 21.8. The van der Waals surface area contributed by atoms with Gasteiger partial charge in [0.15, 0.2) is 5.95 Å². The average Bonchev–Trinajstić information content (AvgIpc) is 1.62. The predicted octanol–water partition coefficient (Wildman–Crippen LogP) is 12.1. The number of hydrogen-bond acceptors (Lipinski definition) is 19. The molecule has 23 nitrogen and oxygen atoms in total. The van der Waals surface area contributed by atoms with Gasteiger partial charge in [-0.15, -0.1) is 0 Å². The molecule has 0 amide bonds. The largest absolute Gasteiger partial charge is 0.371 e. The molecule has 0 atom stereocenters. The number of aromatic nitrogens is 15. The molecule has 0 saturated carbocycles. The molecule has 12 aromatic rings. The van der Waals surface area contributed by atoms with Crippen LogP contribution in [0, 0.1) is 0 Å². The normalized spacial score (nSPS) is 15.9. The lowest BCUT2D eigenvalue weighted by Gasteiger charge is -2.34. The Balaban J connectivity index is 0.000000128. The number of nitrogen functional groups attached to an aromatic ring is 2. The highest BCUT2D eigenvalue weighted by molar-refractivity contribution is 5.85. The van der Waals surface area contributed by atoms with Gasteiger partial charge < -0.3 is 45.5 Å². The molecule has 3 aliphatic rings. The summed E-state index contributed by atoms with van der Waals surface area (Å²) in [6.45, 7) is 14.1. The van der Waals surface area contributed by atoms with Gasteiger partial charge in [0.25, 0.3) is 17.8 Å². The molecule has 29 heteroatoms. The number of alkyl halides is 6. The van der Waals surface area contributed by atoms with Crippen molar-refractivity contribution in [1.29, 1.82) is 0 Å². The molecule has 6 N–H and O–H groups in total. The van der Waals surface area contributed by atoms with E-state index in [0.29, 0.717) is 59.2 Å². The van der Waals surface area contributed by atoms with Crippen molar-refractivity contribution in [2.24, 2.45) is 0 Å². The predicted molar refractivity (Wildman–Crippen MR) is 343 cm³/mol. The van der Waals surface area contributed by atoms with Gasteiger partial charge in [-0.1, -0.05) is 30.1 Å². The first kappa shape index (κ1) is 61.5. The van der Waals surface area contributed by atoms with Gasteiger partial charge in [0.1, 0.15) is 16.9 Å². The number of nitrogens with two attached hydrogens (primary N) is 2. The molecule has 0 spiro atoms. The van der Waals surface area contributed by atoms with Crippen LogP contribution >= 0.6 is 0 Å². The third-order valence-electron chi connectivity index (χ3n) is 16.7. The molecule has 15 heterocycles. The Bertz CT molecular complexity index is 4570. The molecule has 0 radical (unpaired) electrons. The van der Waals surface area contributed by atoms with Crippen molar-refractivity contribution in [1.82, 2.24) is 88.6 Å². The van der Waals surface area contributed by atoms with Crippen LogP contribution in [-0.4, -0.2) is 153 Å². The van der Waals surface area contributed by atoms with Crippen LogP contribution in [0.15, 0.2) is 164 Å². The molecule has 94 heavy (non-hydrogen) atoms. The van der Waals surface area contributed by atoms with Crippen molar-refractivity contribution in [3.05, 3.63) is 172 Å². The lowest BCUT2D eigenvalue weighted by atomic mass is 10.0. The van der Waals surface area contributed by atoms with E-state index in [2.05, 4.69) is 85.2 Å². The summed E-state index contributed by atoms with van der Waals surface area (Å²) in [5, 5.41) is 13.3. The quantitative estimate of drug-likeness (QED) is 0.0781. The first-order valence-corrected chi connectivity index (χ1v) is 29.9. The number of halogens is 6. The number of hydrogen-bond donors (Lipinski definition) is 4. The smallest absolute Gasteiger partial charge is 0.321 e. The monoisotopic (exact) mass is 1280 g/mol. The molecule has 3 aliphatic heterocycles. The lowest BCUT2D eigenvalue weighted by molar-refractivity contribution is -0.0456. The van der Waals surface area contributed by atoms with E-state index in [0.717, 1.165) is 83.8 Å². The van der Waals surface area contributed by atoms with Crippen molar-refractivity contribution in [3.8, 4) is 51.1 Å². The summed E-state index contributed by atoms with van der Waals surface area (Å²) in [5.74, 6) is -6.64. The zero-order chi connectivity index (χ0) is 65.5. The second-order valence-corrected chi connectivity index (χ2v) is 22.9. The minimum absolute atomic E-state index is 0.0151. The third kappa shape index (κ3) is 13.1.